The largest absolute Gasteiger partial charge is 1.00 e. The van der Waals surface area contributed by atoms with Gasteiger partial charge in [-0.05, 0) is 0 Å². The van der Waals surface area contributed by atoms with Crippen LogP contribution in [0.4, 0.5) is 8.92 Å². The summed E-state index contributed by atoms with van der Waals surface area (Å²) in [5.41, 5.74) is -2.40. The Kier molecular flexibility index (Phi) is 8.21. The van der Waals surface area contributed by atoms with Gasteiger partial charge in [0.2, 0.25) is 0 Å². The van der Waals surface area contributed by atoms with Crippen LogP contribution in [0.1, 0.15) is 1.43 Å². The van der Waals surface area contributed by atoms with Crippen LogP contribution in [-0.4, -0.2) is 11.6 Å². The number of halogens is 3. The Morgan fingerprint density at radius 1 is 1.88 bits per heavy atom. The molecule has 0 aliphatic rings. The van der Waals surface area contributed by atoms with Crippen molar-refractivity contribution in [2.75, 3.05) is 0 Å². The summed E-state index contributed by atoms with van der Waals surface area (Å²) in [5, 5.41) is 0. The minimum Gasteiger partial charge on any atom is -1.00 e. The van der Waals surface area contributed by atoms with Gasteiger partial charge < -0.3 is 1.43 Å². The monoisotopic (exact) mass is 154 g/mol. The molecular weight excluding hydrogens is 152 g/mol. The van der Waals surface area contributed by atoms with Gasteiger partial charge in [-0.25, -0.2) is 9.18 Å². The maximum atomic E-state index is 11.1. The normalized spacial score (nSPS) is 11.4. The third-order valence-corrected chi connectivity index (χ3v) is 0.432. The average Bonchev–Trinajstić information content (AvgIpc) is 1.65. The van der Waals surface area contributed by atoms with E-state index in [1.54, 1.807) is 0 Å². The Bertz CT molecular complexity index is 83.0. The van der Waals surface area contributed by atoms with Gasteiger partial charge >= 0.3 is 35.5 Å². The van der Waals surface area contributed by atoms with Crippen LogP contribution in [0.3, 0.4) is 0 Å². The van der Waals surface area contributed by atoms with Crippen molar-refractivity contribution < 1.29 is 49.6 Å². The Labute approximate surface area is 72.8 Å². The van der Waals surface area contributed by atoms with Crippen LogP contribution < -0.4 is 29.6 Å². The number of alkyl halides is 2. The van der Waals surface area contributed by atoms with Crippen LogP contribution in [0.5, 0.6) is 0 Å². The van der Waals surface area contributed by atoms with E-state index in [-0.39, 0.29) is 31.0 Å². The Morgan fingerprint density at radius 2 is 2.25 bits per heavy atom. The summed E-state index contributed by atoms with van der Waals surface area (Å²) in [5.74, 6) is -1.72. The summed E-state index contributed by atoms with van der Waals surface area (Å²) in [4.78, 5) is 11.8. The van der Waals surface area contributed by atoms with Crippen molar-refractivity contribution in [3.05, 3.63) is 0 Å². The molecule has 0 aromatic carbocycles. The van der Waals surface area contributed by atoms with E-state index in [2.05, 4.69) is 16.5 Å². The summed E-state index contributed by atoms with van der Waals surface area (Å²) in [7, 11) is 0. The van der Waals surface area contributed by atoms with Crippen molar-refractivity contribution in [3.63, 3.8) is 0 Å². The molecule has 8 heavy (non-hydrogen) atoms. The SMILES string of the molecule is O=C(OF)C(F)Cl.[H-].[Na+]. The van der Waals surface area contributed by atoms with E-state index >= 15 is 0 Å². The van der Waals surface area contributed by atoms with Crippen molar-refractivity contribution >= 4 is 17.6 Å². The predicted octanol–water partition coefficient (Wildman–Crippen LogP) is -1.93. The topological polar surface area (TPSA) is 26.3 Å². The molecule has 0 aromatic heterocycles. The third-order valence-electron chi connectivity index (χ3n) is 0.254. The van der Waals surface area contributed by atoms with E-state index in [1.807, 2.05) is 0 Å². The maximum Gasteiger partial charge on any atom is 1.00 e. The van der Waals surface area contributed by atoms with Gasteiger partial charge in [-0.1, -0.05) is 11.6 Å². The van der Waals surface area contributed by atoms with Gasteiger partial charge in [0.05, 0.1) is 0 Å². The zero-order valence-corrected chi connectivity index (χ0v) is 6.78. The molecule has 0 fully saturated rings. The molecule has 2 nitrogen and oxygen atoms in total. The second kappa shape index (κ2) is 5.75. The molecule has 1 unspecified atom stereocenters. The number of hydrogen-bond donors (Lipinski definition) is 0. The van der Waals surface area contributed by atoms with Gasteiger partial charge in [0.15, 0.2) is 0 Å². The fourth-order valence-corrected chi connectivity index (χ4v) is 0.0673. The number of carbonyl (C=O) groups is 1. The summed E-state index contributed by atoms with van der Waals surface area (Å²) in [6.07, 6.45) is 0. The summed E-state index contributed by atoms with van der Waals surface area (Å²) < 4.78 is 21.6. The van der Waals surface area contributed by atoms with Crippen molar-refractivity contribution in [1.82, 2.24) is 0 Å². The van der Waals surface area contributed by atoms with Gasteiger partial charge in [-0.15, -0.1) is 0 Å². The quantitative estimate of drug-likeness (QED) is 0.325. The van der Waals surface area contributed by atoms with Crippen molar-refractivity contribution in [3.8, 4) is 0 Å². The predicted molar refractivity (Wildman–Crippen MR) is 19.1 cm³/mol. The molecule has 44 valence electrons. The molecule has 6 heteroatoms. The van der Waals surface area contributed by atoms with Crippen LogP contribution in [0, 0.1) is 0 Å². The van der Waals surface area contributed by atoms with Gasteiger partial charge in [0.25, 0.3) is 5.63 Å². The molecule has 0 saturated heterocycles. The third kappa shape index (κ3) is 4.77. The van der Waals surface area contributed by atoms with Crippen LogP contribution in [-0.2, 0) is 9.74 Å². The minimum atomic E-state index is -2.40. The standard InChI is InChI=1S/C2HClF2O2.Na.H/c3-1(4)2(6)7-5;;/h1H;;/q;+1;-1. The smallest absolute Gasteiger partial charge is 1.00 e. The Morgan fingerprint density at radius 3 is 2.25 bits per heavy atom. The van der Waals surface area contributed by atoms with Crippen molar-refractivity contribution in [1.29, 1.82) is 0 Å². The van der Waals surface area contributed by atoms with Crippen LogP contribution in [0.2, 0.25) is 0 Å². The molecule has 0 heterocycles. The zero-order chi connectivity index (χ0) is 5.86. The second-order valence-corrected chi connectivity index (χ2v) is 1.08. The molecule has 0 amide bonds. The van der Waals surface area contributed by atoms with E-state index in [1.165, 1.54) is 0 Å². The molecule has 0 spiro atoms. The van der Waals surface area contributed by atoms with Crippen LogP contribution in [0.25, 0.3) is 0 Å². The van der Waals surface area contributed by atoms with Crippen LogP contribution >= 0.6 is 11.6 Å². The average molecular weight is 154 g/mol. The minimum absolute atomic E-state index is 0. The van der Waals surface area contributed by atoms with Crippen molar-refractivity contribution in [2.45, 2.75) is 5.63 Å². The first-order chi connectivity index (χ1) is 3.18. The molecule has 1 atom stereocenters. The Balaban J connectivity index is -0.000000180. The van der Waals surface area contributed by atoms with Crippen molar-refractivity contribution in [2.24, 2.45) is 0 Å². The molecule has 0 aromatic rings. The van der Waals surface area contributed by atoms with Gasteiger partial charge in [0.1, 0.15) is 0 Å². The van der Waals surface area contributed by atoms with E-state index in [0.717, 1.165) is 0 Å². The van der Waals surface area contributed by atoms with E-state index < -0.39 is 11.6 Å². The molecule has 0 bridgehead atoms. The van der Waals surface area contributed by atoms with Gasteiger partial charge in [-0.3, -0.25) is 4.94 Å². The Hall–Kier alpha value is 0.620. The van der Waals surface area contributed by atoms with Gasteiger partial charge in [-0.2, -0.15) is 0 Å². The first-order valence-corrected chi connectivity index (χ1v) is 1.72. The second-order valence-electron chi connectivity index (χ2n) is 0.697. The zero-order valence-electron chi connectivity index (χ0n) is 5.03. The molecule has 0 saturated carbocycles. The molecule has 0 N–H and O–H groups in total. The molecular formula is C2H2ClF2NaO2. The number of hydrogen-bond acceptors (Lipinski definition) is 2. The van der Waals surface area contributed by atoms with E-state index in [4.69, 9.17) is 0 Å². The number of rotatable bonds is 1. The van der Waals surface area contributed by atoms with Crippen LogP contribution in [0.15, 0.2) is 0 Å². The fraction of sp³-hybridized carbons (Fsp3) is 0.500. The first kappa shape index (κ1) is 11.4. The number of carbonyl (C=O) groups excluding carboxylic acids is 1. The summed E-state index contributed by atoms with van der Waals surface area (Å²) in [6, 6.07) is 0. The summed E-state index contributed by atoms with van der Waals surface area (Å²) >= 11 is 4.35. The first-order valence-electron chi connectivity index (χ1n) is 1.29. The molecule has 0 aliphatic carbocycles. The fourth-order valence-electron chi connectivity index (χ4n) is 0.0337. The molecule has 0 radical (unpaired) electrons. The molecule has 0 aliphatic heterocycles. The molecule has 0 rings (SSSR count). The van der Waals surface area contributed by atoms with E-state index in [0.29, 0.717) is 0 Å². The summed E-state index contributed by atoms with van der Waals surface area (Å²) in [6.45, 7) is 0. The van der Waals surface area contributed by atoms with Gasteiger partial charge in [0, 0.05) is 4.53 Å². The van der Waals surface area contributed by atoms with E-state index in [9.17, 15) is 13.7 Å². The maximum absolute atomic E-state index is 11.1.